The third kappa shape index (κ3) is 2.91. The molecule has 0 amide bonds. The molecule has 134 valence electrons. The van der Waals surface area contributed by atoms with E-state index in [1.54, 1.807) is 6.33 Å². The highest BCUT2D eigenvalue weighted by molar-refractivity contribution is 7.12. The molecular formula is C19H21N5OS. The van der Waals surface area contributed by atoms with Gasteiger partial charge in [0.2, 0.25) is 0 Å². The van der Waals surface area contributed by atoms with Crippen LogP contribution in [0.25, 0.3) is 11.0 Å². The lowest BCUT2D eigenvalue weighted by molar-refractivity contribution is 0.0928. The SMILES string of the molecule is O=C(CN1CCN(c2ncnc3[nH]ccc23)CC2(CC2)C1)c1cccs1. The number of ketones is 1. The van der Waals surface area contributed by atoms with Crippen molar-refractivity contribution in [1.29, 1.82) is 0 Å². The molecule has 1 aliphatic heterocycles. The van der Waals surface area contributed by atoms with Crippen LogP contribution in [0.3, 0.4) is 0 Å². The second-order valence-electron chi connectivity index (χ2n) is 7.47. The van der Waals surface area contributed by atoms with E-state index >= 15 is 0 Å². The van der Waals surface area contributed by atoms with E-state index in [2.05, 4.69) is 24.8 Å². The summed E-state index contributed by atoms with van der Waals surface area (Å²) in [6.45, 7) is 4.29. The maximum Gasteiger partial charge on any atom is 0.186 e. The zero-order chi connectivity index (χ0) is 17.6. The monoisotopic (exact) mass is 367 g/mol. The molecular weight excluding hydrogens is 346 g/mol. The Kier molecular flexibility index (Phi) is 3.79. The van der Waals surface area contributed by atoms with Gasteiger partial charge in [0.25, 0.3) is 0 Å². The third-order valence-corrected chi connectivity index (χ3v) is 6.44. The number of anilines is 1. The number of Topliss-reactive ketones (excluding diaryl/α,β-unsaturated/α-hetero) is 1. The fourth-order valence-electron chi connectivity index (χ4n) is 3.99. The van der Waals surface area contributed by atoms with Gasteiger partial charge < -0.3 is 9.88 Å². The zero-order valence-corrected chi connectivity index (χ0v) is 15.3. The molecule has 1 N–H and O–H groups in total. The topological polar surface area (TPSA) is 65.1 Å². The van der Waals surface area contributed by atoms with Crippen LogP contribution in [0.5, 0.6) is 0 Å². The Balaban J connectivity index is 1.37. The average molecular weight is 367 g/mol. The lowest BCUT2D eigenvalue weighted by Crippen LogP contribution is -2.35. The fraction of sp³-hybridized carbons (Fsp3) is 0.421. The molecule has 1 saturated heterocycles. The molecule has 6 nitrogen and oxygen atoms in total. The molecule has 1 aliphatic carbocycles. The first-order valence-corrected chi connectivity index (χ1v) is 9.93. The summed E-state index contributed by atoms with van der Waals surface area (Å²) in [4.78, 5) is 30.2. The van der Waals surface area contributed by atoms with Crippen molar-refractivity contribution in [3.8, 4) is 0 Å². The first-order valence-electron chi connectivity index (χ1n) is 9.05. The van der Waals surface area contributed by atoms with Crippen LogP contribution in [0.2, 0.25) is 0 Å². The molecule has 0 unspecified atom stereocenters. The Morgan fingerprint density at radius 3 is 2.96 bits per heavy atom. The molecule has 5 rings (SSSR count). The van der Waals surface area contributed by atoms with Gasteiger partial charge in [-0.1, -0.05) is 6.07 Å². The van der Waals surface area contributed by atoms with Gasteiger partial charge >= 0.3 is 0 Å². The summed E-state index contributed by atoms with van der Waals surface area (Å²) >= 11 is 1.53. The van der Waals surface area contributed by atoms with E-state index in [1.807, 2.05) is 29.8 Å². The van der Waals surface area contributed by atoms with Crippen LogP contribution in [0, 0.1) is 5.41 Å². The van der Waals surface area contributed by atoms with Crippen LogP contribution in [0.15, 0.2) is 36.1 Å². The minimum absolute atomic E-state index is 0.235. The van der Waals surface area contributed by atoms with Gasteiger partial charge in [0.05, 0.1) is 16.8 Å². The first-order chi connectivity index (χ1) is 12.7. The quantitative estimate of drug-likeness (QED) is 0.719. The number of aromatic nitrogens is 3. The molecule has 1 saturated carbocycles. The molecule has 2 fully saturated rings. The van der Waals surface area contributed by atoms with E-state index in [0.29, 0.717) is 12.0 Å². The van der Waals surface area contributed by atoms with Crippen molar-refractivity contribution in [2.24, 2.45) is 5.41 Å². The molecule has 2 aliphatic rings. The van der Waals surface area contributed by atoms with E-state index in [4.69, 9.17) is 0 Å². The first kappa shape index (κ1) is 16.0. The van der Waals surface area contributed by atoms with E-state index in [1.165, 1.54) is 24.2 Å². The number of hydrogen-bond donors (Lipinski definition) is 1. The zero-order valence-electron chi connectivity index (χ0n) is 14.5. The van der Waals surface area contributed by atoms with Crippen molar-refractivity contribution in [1.82, 2.24) is 19.9 Å². The van der Waals surface area contributed by atoms with Gasteiger partial charge in [-0.05, 0) is 30.4 Å². The third-order valence-electron chi connectivity index (χ3n) is 5.52. The Morgan fingerprint density at radius 1 is 1.23 bits per heavy atom. The molecule has 3 aromatic rings. The number of carbonyl (C=O) groups excluding carboxylic acids is 1. The van der Waals surface area contributed by atoms with E-state index in [-0.39, 0.29) is 5.78 Å². The summed E-state index contributed by atoms with van der Waals surface area (Å²) in [6.07, 6.45) is 6.01. The van der Waals surface area contributed by atoms with E-state index in [0.717, 1.165) is 47.9 Å². The highest BCUT2D eigenvalue weighted by atomic mass is 32.1. The highest BCUT2D eigenvalue weighted by Gasteiger charge is 2.47. The smallest absolute Gasteiger partial charge is 0.186 e. The van der Waals surface area contributed by atoms with Crippen molar-refractivity contribution in [2.45, 2.75) is 12.8 Å². The number of carbonyl (C=O) groups is 1. The van der Waals surface area contributed by atoms with Gasteiger partial charge in [0.1, 0.15) is 17.8 Å². The second kappa shape index (κ2) is 6.17. The number of nitrogens with one attached hydrogen (secondary N) is 1. The van der Waals surface area contributed by atoms with Crippen molar-refractivity contribution in [3.63, 3.8) is 0 Å². The standard InChI is InChI=1S/C19H21N5OS/c25-15(16-2-1-9-26-16)10-23-7-8-24(12-19(11-23)4-5-19)18-14-3-6-20-17(14)21-13-22-18/h1-3,6,9,13H,4-5,7-8,10-12H2,(H,20,21,22). The average Bonchev–Trinajstić information content (AvgIpc) is 3.05. The van der Waals surface area contributed by atoms with Crippen molar-refractivity contribution in [3.05, 3.63) is 41.0 Å². The van der Waals surface area contributed by atoms with Gasteiger partial charge in [0.15, 0.2) is 5.78 Å². The Labute approximate surface area is 155 Å². The number of hydrogen-bond acceptors (Lipinski definition) is 6. The second-order valence-corrected chi connectivity index (χ2v) is 8.42. The number of H-pyrrole nitrogens is 1. The van der Waals surface area contributed by atoms with Crippen LogP contribution >= 0.6 is 11.3 Å². The predicted octanol–water partition coefficient (Wildman–Crippen LogP) is 2.80. The lowest BCUT2D eigenvalue weighted by atomic mass is 10.1. The number of nitrogens with zero attached hydrogens (tertiary/aromatic N) is 4. The Hall–Kier alpha value is -2.25. The largest absolute Gasteiger partial charge is 0.354 e. The van der Waals surface area contributed by atoms with Crippen LogP contribution in [-0.2, 0) is 0 Å². The molecule has 4 heterocycles. The Bertz CT molecular complexity index is 930. The number of fused-ring (bicyclic) bond motifs is 1. The molecule has 26 heavy (non-hydrogen) atoms. The number of thiophene rings is 1. The van der Waals surface area contributed by atoms with Crippen molar-refractivity contribution < 1.29 is 4.79 Å². The van der Waals surface area contributed by atoms with Crippen LogP contribution < -0.4 is 4.90 Å². The van der Waals surface area contributed by atoms with E-state index < -0.39 is 0 Å². The molecule has 0 aromatic carbocycles. The van der Waals surface area contributed by atoms with Crippen molar-refractivity contribution in [2.75, 3.05) is 37.6 Å². The summed E-state index contributed by atoms with van der Waals surface area (Å²) in [6, 6.07) is 5.92. The van der Waals surface area contributed by atoms with Crippen LogP contribution in [-0.4, -0.2) is 58.4 Å². The normalized spacial score (nSPS) is 19.8. The minimum Gasteiger partial charge on any atom is -0.354 e. The maximum absolute atomic E-state index is 12.5. The van der Waals surface area contributed by atoms with Crippen molar-refractivity contribution >= 4 is 34.0 Å². The van der Waals surface area contributed by atoms with Gasteiger partial charge in [-0.25, -0.2) is 9.97 Å². The molecule has 0 atom stereocenters. The molecule has 7 heteroatoms. The summed E-state index contributed by atoms with van der Waals surface area (Å²) in [7, 11) is 0. The maximum atomic E-state index is 12.5. The van der Waals surface area contributed by atoms with Gasteiger partial charge in [0, 0.05) is 37.8 Å². The summed E-state index contributed by atoms with van der Waals surface area (Å²) in [5.74, 6) is 1.24. The number of aromatic amines is 1. The molecule has 0 radical (unpaired) electrons. The Morgan fingerprint density at radius 2 is 2.15 bits per heavy atom. The van der Waals surface area contributed by atoms with E-state index in [9.17, 15) is 4.79 Å². The molecule has 0 bridgehead atoms. The summed E-state index contributed by atoms with van der Waals surface area (Å²) in [5, 5.41) is 3.04. The fourth-order valence-corrected chi connectivity index (χ4v) is 4.64. The van der Waals surface area contributed by atoms with Crippen LogP contribution in [0.4, 0.5) is 5.82 Å². The molecule has 3 aromatic heterocycles. The number of rotatable bonds is 4. The van der Waals surface area contributed by atoms with Gasteiger partial charge in [-0.2, -0.15) is 0 Å². The molecule has 1 spiro atoms. The van der Waals surface area contributed by atoms with Crippen LogP contribution in [0.1, 0.15) is 22.5 Å². The predicted molar refractivity (Wildman–Crippen MR) is 103 cm³/mol. The van der Waals surface area contributed by atoms with Gasteiger partial charge in [-0.15, -0.1) is 11.3 Å². The summed E-state index contributed by atoms with van der Waals surface area (Å²) < 4.78 is 0. The summed E-state index contributed by atoms with van der Waals surface area (Å²) in [5.41, 5.74) is 1.19. The minimum atomic E-state index is 0.235. The van der Waals surface area contributed by atoms with Gasteiger partial charge in [-0.3, -0.25) is 9.69 Å². The highest BCUT2D eigenvalue weighted by Crippen LogP contribution is 2.48. The lowest BCUT2D eigenvalue weighted by Gasteiger charge is -2.25.